The van der Waals surface area contributed by atoms with Gasteiger partial charge in [-0.1, -0.05) is 25.4 Å². The van der Waals surface area contributed by atoms with E-state index in [-0.39, 0.29) is 28.1 Å². The number of carbonyl (C=O) groups excluding carboxylic acids is 1. The maximum atomic E-state index is 12.1. The molecule has 0 saturated heterocycles. The first-order valence-electron chi connectivity index (χ1n) is 6.56. The van der Waals surface area contributed by atoms with Crippen molar-refractivity contribution in [3.8, 4) is 0 Å². The van der Waals surface area contributed by atoms with Crippen LogP contribution in [-0.2, 0) is 9.84 Å². The Hall–Kier alpha value is -1.11. The van der Waals surface area contributed by atoms with Gasteiger partial charge in [-0.05, 0) is 30.5 Å². The van der Waals surface area contributed by atoms with Crippen molar-refractivity contribution < 1.29 is 18.3 Å². The topological polar surface area (TPSA) is 83.5 Å². The van der Waals surface area contributed by atoms with Crippen molar-refractivity contribution in [2.45, 2.75) is 31.2 Å². The van der Waals surface area contributed by atoms with E-state index in [1.54, 1.807) is 0 Å². The Morgan fingerprint density at radius 2 is 2.00 bits per heavy atom. The van der Waals surface area contributed by atoms with Crippen LogP contribution in [0.25, 0.3) is 0 Å². The maximum Gasteiger partial charge on any atom is 0.251 e. The molecule has 0 heterocycles. The average molecular weight is 334 g/mol. The molecule has 1 amide bonds. The number of aliphatic hydroxyl groups excluding tert-OH is 1. The van der Waals surface area contributed by atoms with Crippen LogP contribution in [0.2, 0.25) is 5.02 Å². The lowest BCUT2D eigenvalue weighted by Crippen LogP contribution is -2.38. The first-order chi connectivity index (χ1) is 9.65. The molecule has 5 nitrogen and oxygen atoms in total. The Labute approximate surface area is 130 Å². The fourth-order valence-electron chi connectivity index (χ4n) is 1.95. The molecule has 0 saturated carbocycles. The molecule has 0 fully saturated rings. The predicted molar refractivity (Wildman–Crippen MR) is 82.4 cm³/mol. The Kier molecular flexibility index (Phi) is 6.19. The van der Waals surface area contributed by atoms with Crippen molar-refractivity contribution >= 4 is 27.3 Å². The van der Waals surface area contributed by atoms with Crippen molar-refractivity contribution in [1.82, 2.24) is 5.32 Å². The summed E-state index contributed by atoms with van der Waals surface area (Å²) in [4.78, 5) is 12.0. The summed E-state index contributed by atoms with van der Waals surface area (Å²) >= 11 is 5.84. The molecule has 1 aromatic rings. The van der Waals surface area contributed by atoms with E-state index >= 15 is 0 Å². The molecule has 118 valence electrons. The highest BCUT2D eigenvalue weighted by Crippen LogP contribution is 2.22. The van der Waals surface area contributed by atoms with Gasteiger partial charge in [0.25, 0.3) is 5.91 Å². The number of benzene rings is 1. The van der Waals surface area contributed by atoms with Gasteiger partial charge in [0.1, 0.15) is 0 Å². The van der Waals surface area contributed by atoms with Crippen LogP contribution in [0.3, 0.4) is 0 Å². The molecule has 0 radical (unpaired) electrons. The van der Waals surface area contributed by atoms with Gasteiger partial charge in [-0.15, -0.1) is 0 Å². The third kappa shape index (κ3) is 5.30. The van der Waals surface area contributed by atoms with Gasteiger partial charge >= 0.3 is 0 Å². The van der Waals surface area contributed by atoms with Gasteiger partial charge in [0.05, 0.1) is 22.6 Å². The van der Waals surface area contributed by atoms with E-state index in [2.05, 4.69) is 5.32 Å². The number of nitrogens with one attached hydrogen (secondary N) is 1. The highest BCUT2D eigenvalue weighted by Gasteiger charge is 2.18. The summed E-state index contributed by atoms with van der Waals surface area (Å²) in [5.41, 5.74) is 0.196. The zero-order chi connectivity index (χ0) is 16.2. The summed E-state index contributed by atoms with van der Waals surface area (Å²) in [6, 6.07) is 3.71. The second kappa shape index (κ2) is 7.24. The van der Waals surface area contributed by atoms with Crippen LogP contribution >= 0.6 is 11.6 Å². The van der Waals surface area contributed by atoms with Crippen LogP contribution in [0.4, 0.5) is 0 Å². The number of halogens is 1. The Morgan fingerprint density at radius 1 is 1.38 bits per heavy atom. The van der Waals surface area contributed by atoms with E-state index in [4.69, 9.17) is 11.6 Å². The average Bonchev–Trinajstić information content (AvgIpc) is 2.36. The molecule has 0 bridgehead atoms. The van der Waals surface area contributed by atoms with Gasteiger partial charge in [0.15, 0.2) is 9.84 Å². The molecule has 0 aliphatic rings. The molecule has 1 atom stereocenters. The zero-order valence-electron chi connectivity index (χ0n) is 12.3. The number of hydrogen-bond acceptors (Lipinski definition) is 4. The van der Waals surface area contributed by atoms with E-state index in [1.807, 2.05) is 13.8 Å². The molecule has 0 spiro atoms. The minimum Gasteiger partial charge on any atom is -0.394 e. The molecule has 1 rings (SSSR count). The SMILES string of the molecule is CC(C)CC(CO)NC(=O)c1ccc(Cl)c(S(C)(=O)=O)c1. The molecule has 0 aromatic heterocycles. The smallest absolute Gasteiger partial charge is 0.251 e. The van der Waals surface area contributed by atoms with Crippen molar-refractivity contribution in [1.29, 1.82) is 0 Å². The van der Waals surface area contributed by atoms with Crippen LogP contribution in [-0.4, -0.2) is 38.3 Å². The van der Waals surface area contributed by atoms with E-state index in [1.165, 1.54) is 18.2 Å². The lowest BCUT2D eigenvalue weighted by Gasteiger charge is -2.18. The summed E-state index contributed by atoms with van der Waals surface area (Å²) in [5.74, 6) is -0.115. The number of carbonyl (C=O) groups is 1. The Balaban J connectivity index is 2.98. The maximum absolute atomic E-state index is 12.1. The third-order valence-electron chi connectivity index (χ3n) is 2.90. The quantitative estimate of drug-likeness (QED) is 0.832. The molecule has 21 heavy (non-hydrogen) atoms. The summed E-state index contributed by atoms with van der Waals surface area (Å²) in [5, 5.41) is 12.0. The first kappa shape index (κ1) is 17.9. The molecular formula is C14H20ClNO4S. The Morgan fingerprint density at radius 3 is 2.48 bits per heavy atom. The van der Waals surface area contributed by atoms with Crippen molar-refractivity contribution in [2.24, 2.45) is 5.92 Å². The molecule has 7 heteroatoms. The van der Waals surface area contributed by atoms with Crippen molar-refractivity contribution in [2.75, 3.05) is 12.9 Å². The second-order valence-corrected chi connectivity index (χ2v) is 7.79. The van der Waals surface area contributed by atoms with E-state index in [9.17, 15) is 18.3 Å². The van der Waals surface area contributed by atoms with Gasteiger partial charge in [-0.2, -0.15) is 0 Å². The lowest BCUT2D eigenvalue weighted by molar-refractivity contribution is 0.0908. The fourth-order valence-corrected chi connectivity index (χ4v) is 3.25. The number of sulfone groups is 1. The van der Waals surface area contributed by atoms with Gasteiger partial charge in [-0.3, -0.25) is 4.79 Å². The van der Waals surface area contributed by atoms with Crippen molar-refractivity contribution in [3.05, 3.63) is 28.8 Å². The standard InChI is InChI=1S/C14H20ClNO4S/c1-9(2)6-11(8-17)16-14(18)10-4-5-12(15)13(7-10)21(3,19)20/h4-5,7,9,11,17H,6,8H2,1-3H3,(H,16,18). The van der Waals surface area contributed by atoms with E-state index < -0.39 is 15.7 Å². The Bertz CT molecular complexity index is 613. The predicted octanol–water partition coefficient (Wildman–Crippen LogP) is 1.88. The number of rotatable bonds is 6. The van der Waals surface area contributed by atoms with E-state index in [0.717, 1.165) is 6.26 Å². The minimum atomic E-state index is -3.50. The summed E-state index contributed by atoms with van der Waals surface area (Å²) in [7, 11) is -3.50. The van der Waals surface area contributed by atoms with Gasteiger partial charge in [-0.25, -0.2) is 8.42 Å². The van der Waals surface area contributed by atoms with Gasteiger partial charge < -0.3 is 10.4 Å². The summed E-state index contributed by atoms with van der Waals surface area (Å²) in [6.07, 6.45) is 1.67. The highest BCUT2D eigenvalue weighted by atomic mass is 35.5. The third-order valence-corrected chi connectivity index (χ3v) is 4.48. The number of hydrogen-bond donors (Lipinski definition) is 2. The largest absolute Gasteiger partial charge is 0.394 e. The van der Waals surface area contributed by atoms with Crippen LogP contribution in [0.5, 0.6) is 0 Å². The first-order valence-corrected chi connectivity index (χ1v) is 8.83. The fraction of sp³-hybridized carbons (Fsp3) is 0.500. The van der Waals surface area contributed by atoms with Crippen LogP contribution in [0.15, 0.2) is 23.1 Å². The van der Waals surface area contributed by atoms with E-state index in [0.29, 0.717) is 12.3 Å². The van der Waals surface area contributed by atoms with Gasteiger partial charge in [0, 0.05) is 11.8 Å². The summed E-state index contributed by atoms with van der Waals surface area (Å²) in [6.45, 7) is 3.80. The normalized spacial score (nSPS) is 13.2. The second-order valence-electron chi connectivity index (χ2n) is 5.40. The van der Waals surface area contributed by atoms with Crippen LogP contribution in [0, 0.1) is 5.92 Å². The highest BCUT2D eigenvalue weighted by molar-refractivity contribution is 7.90. The minimum absolute atomic E-state index is 0.0786. The van der Waals surface area contributed by atoms with Crippen LogP contribution in [0.1, 0.15) is 30.6 Å². The van der Waals surface area contributed by atoms with Crippen LogP contribution < -0.4 is 5.32 Å². The van der Waals surface area contributed by atoms with Crippen molar-refractivity contribution in [3.63, 3.8) is 0 Å². The monoisotopic (exact) mass is 333 g/mol. The number of amides is 1. The molecule has 0 aliphatic carbocycles. The lowest BCUT2D eigenvalue weighted by atomic mass is 10.0. The molecular weight excluding hydrogens is 314 g/mol. The number of aliphatic hydroxyl groups is 1. The molecule has 1 aromatic carbocycles. The zero-order valence-corrected chi connectivity index (χ0v) is 13.8. The molecule has 1 unspecified atom stereocenters. The summed E-state index contributed by atoms with van der Waals surface area (Å²) < 4.78 is 23.2. The molecule has 2 N–H and O–H groups in total. The van der Waals surface area contributed by atoms with Gasteiger partial charge in [0.2, 0.25) is 0 Å². The molecule has 0 aliphatic heterocycles.